The van der Waals surface area contributed by atoms with Gasteiger partial charge in [-0.25, -0.2) is 8.78 Å². The lowest BCUT2D eigenvalue weighted by molar-refractivity contribution is 0.110. The molecule has 0 unspecified atom stereocenters. The molecule has 2 N–H and O–H groups in total. The van der Waals surface area contributed by atoms with Crippen LogP contribution in [0, 0.1) is 11.3 Å². The predicted octanol–water partition coefficient (Wildman–Crippen LogP) is 1.16. The summed E-state index contributed by atoms with van der Waals surface area (Å²) in [6.45, 7) is -0.0747. The van der Waals surface area contributed by atoms with Crippen LogP contribution in [0.25, 0.3) is 0 Å². The number of aromatic nitrogens is 1. The summed E-state index contributed by atoms with van der Waals surface area (Å²) < 4.78 is 25.2. The van der Waals surface area contributed by atoms with Crippen molar-refractivity contribution in [2.75, 3.05) is 0 Å². The van der Waals surface area contributed by atoms with Crippen molar-refractivity contribution in [3.8, 4) is 6.07 Å². The van der Waals surface area contributed by atoms with Crippen molar-refractivity contribution in [3.63, 3.8) is 0 Å². The van der Waals surface area contributed by atoms with Gasteiger partial charge in [0.15, 0.2) is 6.29 Å². The summed E-state index contributed by atoms with van der Waals surface area (Å²) >= 11 is 0. The van der Waals surface area contributed by atoms with E-state index in [1.807, 2.05) is 0 Å². The Bertz CT molecular complexity index is 426. The van der Waals surface area contributed by atoms with Gasteiger partial charge in [0.2, 0.25) is 0 Å². The lowest BCUT2D eigenvalue weighted by Crippen LogP contribution is -2.08. The maximum atomic E-state index is 12.6. The third-order valence-electron chi connectivity index (χ3n) is 1.89. The molecule has 1 aromatic rings. The molecule has 4 nitrogen and oxygen atoms in total. The Labute approximate surface area is 84.3 Å². The van der Waals surface area contributed by atoms with E-state index in [1.54, 1.807) is 6.07 Å². The van der Waals surface area contributed by atoms with Gasteiger partial charge in [-0.05, 0) is 0 Å². The molecule has 1 heterocycles. The number of nitrogens with two attached hydrogens (primary N) is 1. The fraction of sp³-hybridized carbons (Fsp3) is 0.222. The van der Waals surface area contributed by atoms with Crippen molar-refractivity contribution < 1.29 is 13.6 Å². The van der Waals surface area contributed by atoms with Crippen molar-refractivity contribution in [1.29, 1.82) is 5.26 Å². The number of carbonyl (C=O) groups is 1. The largest absolute Gasteiger partial charge is 0.326 e. The molecule has 1 rings (SSSR count). The van der Waals surface area contributed by atoms with Crippen LogP contribution < -0.4 is 5.73 Å². The van der Waals surface area contributed by atoms with E-state index in [1.165, 1.54) is 0 Å². The molecule has 0 spiro atoms. The van der Waals surface area contributed by atoms with Crippen molar-refractivity contribution in [2.45, 2.75) is 13.0 Å². The summed E-state index contributed by atoms with van der Waals surface area (Å²) in [5, 5.41) is 8.72. The third-order valence-corrected chi connectivity index (χ3v) is 1.89. The molecule has 0 fully saturated rings. The highest BCUT2D eigenvalue weighted by Gasteiger charge is 2.21. The minimum atomic E-state index is -2.92. The Balaban J connectivity index is 3.53. The Kier molecular flexibility index (Phi) is 3.42. The van der Waals surface area contributed by atoms with Gasteiger partial charge in [0, 0.05) is 18.3 Å². The van der Waals surface area contributed by atoms with E-state index >= 15 is 0 Å². The average molecular weight is 211 g/mol. The predicted molar refractivity (Wildman–Crippen MR) is 47.2 cm³/mol. The second-order valence-electron chi connectivity index (χ2n) is 2.69. The number of hydrogen-bond donors (Lipinski definition) is 1. The first-order chi connectivity index (χ1) is 7.15. The summed E-state index contributed by atoms with van der Waals surface area (Å²) in [6.07, 6.45) is -1.56. The summed E-state index contributed by atoms with van der Waals surface area (Å²) in [5.74, 6) is 0. The number of nitriles is 1. The summed E-state index contributed by atoms with van der Waals surface area (Å²) in [7, 11) is 0. The van der Waals surface area contributed by atoms with Crippen LogP contribution in [0.3, 0.4) is 0 Å². The number of aldehydes is 1. The van der Waals surface area contributed by atoms with E-state index < -0.39 is 17.7 Å². The van der Waals surface area contributed by atoms with Crippen molar-refractivity contribution >= 4 is 6.29 Å². The summed E-state index contributed by atoms with van der Waals surface area (Å²) in [6, 6.07) is 1.61. The van der Waals surface area contributed by atoms with Gasteiger partial charge in [0.05, 0.1) is 11.1 Å². The van der Waals surface area contributed by atoms with Crippen LogP contribution in [0.2, 0.25) is 0 Å². The molecule has 0 aliphatic rings. The van der Waals surface area contributed by atoms with Gasteiger partial charge in [-0.2, -0.15) is 5.26 Å². The molecule has 15 heavy (non-hydrogen) atoms. The van der Waals surface area contributed by atoms with Gasteiger partial charge in [-0.1, -0.05) is 0 Å². The van der Waals surface area contributed by atoms with Crippen molar-refractivity contribution in [2.24, 2.45) is 5.73 Å². The summed E-state index contributed by atoms with van der Waals surface area (Å²) in [5.41, 5.74) is 4.15. The number of pyridine rings is 1. The monoisotopic (exact) mass is 211 g/mol. The standard InChI is InChI=1S/C9H7F2N3O/c10-9(11)8-6(2-13)5(1-12)3-14-7(8)4-15/h3-4,9H,1,12H2. The van der Waals surface area contributed by atoms with E-state index in [-0.39, 0.29) is 24.0 Å². The van der Waals surface area contributed by atoms with E-state index in [0.29, 0.717) is 0 Å². The van der Waals surface area contributed by atoms with Crippen LogP contribution >= 0.6 is 0 Å². The van der Waals surface area contributed by atoms with Crippen molar-refractivity contribution in [3.05, 3.63) is 28.6 Å². The average Bonchev–Trinajstić information content (AvgIpc) is 2.26. The molecular weight excluding hydrogens is 204 g/mol. The van der Waals surface area contributed by atoms with E-state index in [4.69, 9.17) is 11.0 Å². The zero-order valence-electron chi connectivity index (χ0n) is 7.58. The van der Waals surface area contributed by atoms with Gasteiger partial charge in [0.1, 0.15) is 11.8 Å². The summed E-state index contributed by atoms with van der Waals surface area (Å²) in [4.78, 5) is 14.0. The number of rotatable bonds is 3. The van der Waals surface area contributed by atoms with E-state index in [0.717, 1.165) is 6.20 Å². The Morgan fingerprint density at radius 1 is 1.67 bits per heavy atom. The first-order valence-corrected chi connectivity index (χ1v) is 4.01. The molecule has 78 valence electrons. The van der Waals surface area contributed by atoms with Crippen LogP contribution in [0.4, 0.5) is 8.78 Å². The second-order valence-corrected chi connectivity index (χ2v) is 2.69. The van der Waals surface area contributed by atoms with Gasteiger partial charge >= 0.3 is 0 Å². The zero-order valence-corrected chi connectivity index (χ0v) is 7.58. The van der Waals surface area contributed by atoms with Crippen LogP contribution in [-0.4, -0.2) is 11.3 Å². The number of nitrogens with zero attached hydrogens (tertiary/aromatic N) is 2. The molecule has 0 atom stereocenters. The Morgan fingerprint density at radius 3 is 2.73 bits per heavy atom. The van der Waals surface area contributed by atoms with E-state index in [9.17, 15) is 13.6 Å². The molecule has 6 heteroatoms. The fourth-order valence-corrected chi connectivity index (χ4v) is 1.18. The first-order valence-electron chi connectivity index (χ1n) is 4.01. The lowest BCUT2D eigenvalue weighted by Gasteiger charge is -2.08. The fourth-order valence-electron chi connectivity index (χ4n) is 1.18. The molecule has 0 bridgehead atoms. The molecule has 0 aliphatic heterocycles. The molecule has 1 aromatic heterocycles. The molecule has 0 aliphatic carbocycles. The minimum absolute atomic E-state index is 0.0747. The SMILES string of the molecule is N#Cc1c(CN)cnc(C=O)c1C(F)F. The van der Waals surface area contributed by atoms with E-state index in [2.05, 4.69) is 4.98 Å². The molecule has 0 amide bonds. The second kappa shape index (κ2) is 4.57. The lowest BCUT2D eigenvalue weighted by atomic mass is 10.0. The molecule has 0 saturated carbocycles. The number of halogens is 2. The third kappa shape index (κ3) is 1.97. The number of carbonyl (C=O) groups excluding carboxylic acids is 1. The Morgan fingerprint density at radius 2 is 2.33 bits per heavy atom. The quantitative estimate of drug-likeness (QED) is 0.761. The molecule has 0 aromatic carbocycles. The topological polar surface area (TPSA) is 79.8 Å². The molecule has 0 saturated heterocycles. The maximum Gasteiger partial charge on any atom is 0.267 e. The smallest absolute Gasteiger partial charge is 0.267 e. The normalized spacial score (nSPS) is 10.1. The minimum Gasteiger partial charge on any atom is -0.326 e. The van der Waals surface area contributed by atoms with Gasteiger partial charge < -0.3 is 5.73 Å². The van der Waals surface area contributed by atoms with Crippen LogP contribution in [0.15, 0.2) is 6.20 Å². The van der Waals surface area contributed by atoms with Gasteiger partial charge in [-0.3, -0.25) is 9.78 Å². The first kappa shape index (κ1) is 11.2. The van der Waals surface area contributed by atoms with Crippen molar-refractivity contribution in [1.82, 2.24) is 4.98 Å². The number of alkyl halides is 2. The maximum absolute atomic E-state index is 12.6. The van der Waals surface area contributed by atoms with Gasteiger partial charge in [-0.15, -0.1) is 0 Å². The highest BCUT2D eigenvalue weighted by molar-refractivity contribution is 5.76. The highest BCUT2D eigenvalue weighted by atomic mass is 19.3. The molecule has 0 radical (unpaired) electrons. The highest BCUT2D eigenvalue weighted by Crippen LogP contribution is 2.26. The van der Waals surface area contributed by atoms with Gasteiger partial charge in [0.25, 0.3) is 6.43 Å². The van der Waals surface area contributed by atoms with Crippen LogP contribution in [0.5, 0.6) is 0 Å². The Hall–Kier alpha value is -1.87. The van der Waals surface area contributed by atoms with Crippen LogP contribution in [-0.2, 0) is 6.54 Å². The number of hydrogen-bond acceptors (Lipinski definition) is 4. The zero-order chi connectivity index (χ0) is 11.4. The molecular formula is C9H7F2N3O. The van der Waals surface area contributed by atoms with Crippen LogP contribution in [0.1, 0.15) is 33.6 Å².